The molecule has 0 aromatic heterocycles. The van der Waals surface area contributed by atoms with E-state index in [-0.39, 0.29) is 11.5 Å². The molecule has 2 rings (SSSR count). The van der Waals surface area contributed by atoms with Crippen LogP contribution < -0.4 is 0 Å². The number of aliphatic imine (C=N–C) groups is 1. The van der Waals surface area contributed by atoms with Crippen molar-refractivity contribution >= 4 is 34.5 Å². The van der Waals surface area contributed by atoms with E-state index in [2.05, 4.69) is 4.99 Å². The minimum absolute atomic E-state index is 0.0755. The Morgan fingerprint density at radius 1 is 1.37 bits per heavy atom. The lowest BCUT2D eigenvalue weighted by molar-refractivity contribution is -0.121. The third kappa shape index (κ3) is 2.68. The van der Waals surface area contributed by atoms with E-state index in [4.69, 9.17) is 5.11 Å². The fourth-order valence-corrected chi connectivity index (χ4v) is 2.44. The van der Waals surface area contributed by atoms with Gasteiger partial charge in [-0.25, -0.2) is 9.79 Å². The van der Waals surface area contributed by atoms with E-state index >= 15 is 0 Å². The third-order valence-corrected chi connectivity index (χ3v) is 3.78. The molecule has 1 aliphatic rings. The molecule has 0 bridgehead atoms. The molecule has 1 aromatic rings. The van der Waals surface area contributed by atoms with Crippen molar-refractivity contribution in [1.29, 1.82) is 0 Å². The van der Waals surface area contributed by atoms with Crippen molar-refractivity contribution in [3.05, 3.63) is 40.8 Å². The zero-order valence-electron chi connectivity index (χ0n) is 10.5. The monoisotopic (exact) mass is 276 g/mol. The highest BCUT2D eigenvalue weighted by Gasteiger charge is 2.29. The Kier molecular flexibility index (Phi) is 3.71. The Hall–Kier alpha value is -2.08. The standard InChI is InChI=1S/C13H12N2O3S/c1-3-10-11(16)15(2)13(19-10)14-9-6-4-8(5-7-9)12(17)18/h3-7H,1-2H3,(H,17,18)/b10-3-,14-13+. The van der Waals surface area contributed by atoms with Crippen LogP contribution in [-0.2, 0) is 4.79 Å². The second-order valence-corrected chi connectivity index (χ2v) is 4.87. The topological polar surface area (TPSA) is 70.0 Å². The largest absolute Gasteiger partial charge is 0.478 e. The van der Waals surface area contributed by atoms with Gasteiger partial charge in [0.25, 0.3) is 5.91 Å². The number of hydrogen-bond donors (Lipinski definition) is 1. The molecule has 1 aromatic carbocycles. The zero-order chi connectivity index (χ0) is 14.0. The van der Waals surface area contributed by atoms with Crippen LogP contribution in [0.5, 0.6) is 0 Å². The lowest BCUT2D eigenvalue weighted by atomic mass is 10.2. The first-order valence-electron chi connectivity index (χ1n) is 5.57. The second-order valence-electron chi connectivity index (χ2n) is 3.87. The fraction of sp³-hybridized carbons (Fsp3) is 0.154. The molecule has 0 saturated carbocycles. The molecule has 1 aliphatic heterocycles. The van der Waals surface area contributed by atoms with E-state index in [0.29, 0.717) is 15.8 Å². The highest BCUT2D eigenvalue weighted by Crippen LogP contribution is 2.31. The smallest absolute Gasteiger partial charge is 0.335 e. The number of likely N-dealkylation sites (N-methyl/N-ethyl adjacent to an activating group) is 1. The molecule has 0 aliphatic carbocycles. The van der Waals surface area contributed by atoms with Gasteiger partial charge in [-0.15, -0.1) is 0 Å². The first kappa shape index (κ1) is 13.4. The number of aromatic carboxylic acids is 1. The number of benzene rings is 1. The van der Waals surface area contributed by atoms with Gasteiger partial charge >= 0.3 is 5.97 Å². The number of thioether (sulfide) groups is 1. The quantitative estimate of drug-likeness (QED) is 0.842. The Bertz CT molecular complexity index is 590. The summed E-state index contributed by atoms with van der Waals surface area (Å²) >= 11 is 1.30. The van der Waals surface area contributed by atoms with Crippen LogP contribution in [0, 0.1) is 0 Å². The summed E-state index contributed by atoms with van der Waals surface area (Å²) < 4.78 is 0. The minimum atomic E-state index is -0.974. The maximum absolute atomic E-state index is 11.8. The molecule has 1 fully saturated rings. The van der Waals surface area contributed by atoms with E-state index in [1.54, 1.807) is 32.2 Å². The molecule has 0 spiro atoms. The Balaban J connectivity index is 2.27. The summed E-state index contributed by atoms with van der Waals surface area (Å²) in [5.74, 6) is -1.05. The van der Waals surface area contributed by atoms with Crippen LogP contribution in [0.2, 0.25) is 0 Å². The highest BCUT2D eigenvalue weighted by atomic mass is 32.2. The van der Waals surface area contributed by atoms with E-state index in [1.165, 1.54) is 28.8 Å². The molecule has 1 N–H and O–H groups in total. The predicted molar refractivity (Wildman–Crippen MR) is 74.6 cm³/mol. The number of carboxylic acid groups (broad SMARTS) is 1. The van der Waals surface area contributed by atoms with Crippen molar-refractivity contribution in [3.63, 3.8) is 0 Å². The molecule has 0 radical (unpaired) electrons. The van der Waals surface area contributed by atoms with E-state index < -0.39 is 5.97 Å². The molecule has 19 heavy (non-hydrogen) atoms. The van der Waals surface area contributed by atoms with E-state index in [9.17, 15) is 9.59 Å². The molecule has 1 amide bonds. The first-order chi connectivity index (χ1) is 9.02. The van der Waals surface area contributed by atoms with Gasteiger partial charge in [-0.05, 0) is 43.0 Å². The summed E-state index contributed by atoms with van der Waals surface area (Å²) in [6.45, 7) is 1.80. The van der Waals surface area contributed by atoms with Gasteiger partial charge in [-0.3, -0.25) is 9.69 Å². The fourth-order valence-electron chi connectivity index (χ4n) is 1.53. The number of carbonyl (C=O) groups is 2. The zero-order valence-corrected chi connectivity index (χ0v) is 11.3. The molecule has 6 heteroatoms. The molecule has 98 valence electrons. The van der Waals surface area contributed by atoms with Crippen LogP contribution in [0.4, 0.5) is 5.69 Å². The predicted octanol–water partition coefficient (Wildman–Crippen LogP) is 2.48. The first-order valence-corrected chi connectivity index (χ1v) is 6.39. The number of allylic oxidation sites excluding steroid dienone is 1. The van der Waals surface area contributed by atoms with Crippen molar-refractivity contribution in [2.45, 2.75) is 6.92 Å². The van der Waals surface area contributed by atoms with E-state index in [0.717, 1.165) is 0 Å². The second kappa shape index (κ2) is 5.27. The van der Waals surface area contributed by atoms with Crippen molar-refractivity contribution in [1.82, 2.24) is 4.90 Å². The Labute approximate surface area is 114 Å². The molecular weight excluding hydrogens is 264 g/mol. The normalized spacial score (nSPS) is 19.5. The molecule has 0 atom stereocenters. The summed E-state index contributed by atoms with van der Waals surface area (Å²) in [7, 11) is 1.66. The van der Waals surface area contributed by atoms with E-state index in [1.807, 2.05) is 0 Å². The average molecular weight is 276 g/mol. The van der Waals surface area contributed by atoms with Crippen molar-refractivity contribution in [2.24, 2.45) is 4.99 Å². The number of carboxylic acids is 1. The van der Waals surface area contributed by atoms with Crippen LogP contribution in [0.1, 0.15) is 17.3 Å². The summed E-state index contributed by atoms with van der Waals surface area (Å²) in [4.78, 5) is 29.0. The van der Waals surface area contributed by atoms with Gasteiger partial charge in [0.1, 0.15) is 0 Å². The van der Waals surface area contributed by atoms with Gasteiger partial charge < -0.3 is 5.11 Å². The number of rotatable bonds is 2. The van der Waals surface area contributed by atoms with Gasteiger partial charge in [-0.1, -0.05) is 6.08 Å². The number of nitrogens with zero attached hydrogens (tertiary/aromatic N) is 2. The summed E-state index contributed by atoms with van der Waals surface area (Å²) in [5.41, 5.74) is 0.825. The van der Waals surface area contributed by atoms with Crippen LogP contribution >= 0.6 is 11.8 Å². The minimum Gasteiger partial charge on any atom is -0.478 e. The maximum atomic E-state index is 11.8. The van der Waals surface area contributed by atoms with Crippen LogP contribution in [-0.4, -0.2) is 34.1 Å². The van der Waals surface area contributed by atoms with Gasteiger partial charge in [0.05, 0.1) is 16.2 Å². The summed E-state index contributed by atoms with van der Waals surface area (Å²) in [6.07, 6.45) is 1.75. The Morgan fingerprint density at radius 2 is 2.00 bits per heavy atom. The summed E-state index contributed by atoms with van der Waals surface area (Å²) in [6, 6.07) is 6.20. The number of amidine groups is 1. The van der Waals surface area contributed by atoms with Gasteiger partial charge in [-0.2, -0.15) is 0 Å². The number of carbonyl (C=O) groups excluding carboxylic acids is 1. The number of hydrogen-bond acceptors (Lipinski definition) is 4. The van der Waals surface area contributed by atoms with Crippen LogP contribution in [0.3, 0.4) is 0 Å². The lowest BCUT2D eigenvalue weighted by Crippen LogP contribution is -2.23. The van der Waals surface area contributed by atoms with Crippen LogP contribution in [0.25, 0.3) is 0 Å². The number of amides is 1. The molecule has 5 nitrogen and oxygen atoms in total. The Morgan fingerprint density at radius 3 is 2.47 bits per heavy atom. The van der Waals surface area contributed by atoms with Crippen molar-refractivity contribution < 1.29 is 14.7 Å². The van der Waals surface area contributed by atoms with Crippen LogP contribution in [0.15, 0.2) is 40.2 Å². The van der Waals surface area contributed by atoms with Gasteiger partial charge in [0.2, 0.25) is 0 Å². The van der Waals surface area contributed by atoms with Crippen molar-refractivity contribution in [2.75, 3.05) is 7.05 Å². The molecular formula is C13H12N2O3S. The third-order valence-electron chi connectivity index (χ3n) is 2.60. The maximum Gasteiger partial charge on any atom is 0.335 e. The average Bonchev–Trinajstić information content (AvgIpc) is 2.67. The van der Waals surface area contributed by atoms with Gasteiger partial charge in [0.15, 0.2) is 5.17 Å². The summed E-state index contributed by atoms with van der Waals surface area (Å²) in [5, 5.41) is 9.39. The molecule has 1 saturated heterocycles. The molecule has 1 heterocycles. The lowest BCUT2D eigenvalue weighted by Gasteiger charge is -2.07. The van der Waals surface area contributed by atoms with Gasteiger partial charge in [0, 0.05) is 7.05 Å². The SMILES string of the molecule is C/C=C1\S/C(=N/c2ccc(C(=O)O)cc2)N(C)C1=O. The highest BCUT2D eigenvalue weighted by molar-refractivity contribution is 8.18. The van der Waals surface area contributed by atoms with Crippen molar-refractivity contribution in [3.8, 4) is 0 Å². The molecule has 0 unspecified atom stereocenters.